The molecule has 1 aromatic rings. The molecule has 0 aromatic heterocycles. The van der Waals surface area contributed by atoms with Gasteiger partial charge in [0.05, 0.1) is 5.56 Å². The van der Waals surface area contributed by atoms with Gasteiger partial charge in [-0.1, -0.05) is 6.07 Å². The molecule has 0 bridgehead atoms. The van der Waals surface area contributed by atoms with Gasteiger partial charge in [-0.2, -0.15) is 39.5 Å². The van der Waals surface area contributed by atoms with Gasteiger partial charge in [0, 0.05) is 43.6 Å². The summed E-state index contributed by atoms with van der Waals surface area (Å²) in [6, 6.07) is 2.79. The van der Waals surface area contributed by atoms with Gasteiger partial charge in [-0.05, 0) is 44.4 Å². The van der Waals surface area contributed by atoms with Crippen molar-refractivity contribution in [1.29, 1.82) is 0 Å². The Labute approximate surface area is 221 Å². The highest BCUT2D eigenvalue weighted by Crippen LogP contribution is 2.45. The Balaban J connectivity index is 1.48. The lowest BCUT2D eigenvalue weighted by Crippen LogP contribution is -2.54. The second-order valence-electron chi connectivity index (χ2n) is 10.3. The number of aliphatic carboxylic acids is 1. The summed E-state index contributed by atoms with van der Waals surface area (Å²) in [6.45, 7) is 0.129. The maximum Gasteiger partial charge on any atom is 0.434 e. The molecule has 40 heavy (non-hydrogen) atoms. The molecule has 1 N–H and O–H groups in total. The monoisotopic (exact) mass is 592 g/mol. The molecule has 0 atom stereocenters. The lowest BCUT2D eigenvalue weighted by atomic mass is 9.84. The van der Waals surface area contributed by atoms with Gasteiger partial charge in [0.1, 0.15) is 5.75 Å². The van der Waals surface area contributed by atoms with Crippen molar-refractivity contribution in [2.24, 2.45) is 0 Å². The summed E-state index contributed by atoms with van der Waals surface area (Å²) in [4.78, 5) is 26.5. The molecule has 16 heteroatoms. The normalized spacial score (nSPS) is 21.1. The van der Waals surface area contributed by atoms with E-state index in [0.717, 1.165) is 17.0 Å². The number of carbonyl (C=O) groups is 2. The molecule has 3 fully saturated rings. The van der Waals surface area contributed by atoms with Crippen molar-refractivity contribution in [1.82, 2.24) is 9.80 Å². The van der Waals surface area contributed by atoms with Crippen LogP contribution in [0.25, 0.3) is 0 Å². The first kappa shape index (κ1) is 30.1. The van der Waals surface area contributed by atoms with Crippen molar-refractivity contribution in [3.8, 4) is 5.75 Å². The van der Waals surface area contributed by atoms with Crippen LogP contribution in [-0.2, 0) is 22.3 Å². The van der Waals surface area contributed by atoms with Gasteiger partial charge >= 0.3 is 30.6 Å². The third-order valence-electron chi connectivity index (χ3n) is 7.66. The van der Waals surface area contributed by atoms with E-state index in [0.29, 0.717) is 24.9 Å². The Morgan fingerprint density at radius 2 is 1.50 bits per heavy atom. The highest BCUT2D eigenvalue weighted by atomic mass is 19.4. The number of ether oxygens (including phenoxy) is 2. The van der Waals surface area contributed by atoms with E-state index in [1.54, 1.807) is 0 Å². The van der Waals surface area contributed by atoms with E-state index < -0.39 is 53.4 Å². The maximum absolute atomic E-state index is 13.4. The van der Waals surface area contributed by atoms with Crippen LogP contribution >= 0.6 is 0 Å². The van der Waals surface area contributed by atoms with Gasteiger partial charge in [0.2, 0.25) is 5.60 Å². The van der Waals surface area contributed by atoms with Crippen molar-refractivity contribution < 1.29 is 63.7 Å². The summed E-state index contributed by atoms with van der Waals surface area (Å²) in [5, 5.41) is 9.46. The van der Waals surface area contributed by atoms with Crippen molar-refractivity contribution in [2.45, 2.75) is 80.8 Å². The zero-order chi connectivity index (χ0) is 29.7. The largest absolute Gasteiger partial charge is 0.478 e. The number of nitrogens with zero attached hydrogens (tertiary/aromatic N) is 2. The van der Waals surface area contributed by atoms with Crippen LogP contribution in [0.2, 0.25) is 0 Å². The first-order valence-corrected chi connectivity index (χ1v) is 12.3. The molecule has 0 unspecified atom stereocenters. The van der Waals surface area contributed by atoms with Gasteiger partial charge in [0.15, 0.2) is 0 Å². The quantitative estimate of drug-likeness (QED) is 0.424. The molecule has 1 amide bonds. The lowest BCUT2D eigenvalue weighted by molar-refractivity contribution is -0.308. The summed E-state index contributed by atoms with van der Waals surface area (Å²) < 4.78 is 126. The maximum atomic E-state index is 13.4. The number of benzene rings is 1. The molecular formula is C24H25F9N2O5. The minimum atomic E-state index is -5.84. The molecular weight excluding hydrogens is 567 g/mol. The number of hydrogen-bond donors (Lipinski definition) is 1. The number of piperidine rings is 1. The minimum absolute atomic E-state index is 0.0534. The number of rotatable bonds is 6. The fraction of sp³-hybridized carbons (Fsp3) is 0.667. The smallest absolute Gasteiger partial charge is 0.434 e. The third-order valence-corrected chi connectivity index (χ3v) is 7.66. The number of carboxylic acids is 1. The van der Waals surface area contributed by atoms with Crippen LogP contribution in [-0.4, -0.2) is 76.2 Å². The Bertz CT molecular complexity index is 1110. The molecule has 1 aliphatic carbocycles. The van der Waals surface area contributed by atoms with Crippen molar-refractivity contribution in [2.75, 3.05) is 19.6 Å². The van der Waals surface area contributed by atoms with E-state index in [2.05, 4.69) is 4.74 Å². The summed E-state index contributed by atoms with van der Waals surface area (Å²) in [7, 11) is 0. The molecule has 1 saturated carbocycles. The van der Waals surface area contributed by atoms with Crippen LogP contribution in [0, 0.1) is 0 Å². The SMILES string of the molecule is O=C(OC(C(F)(F)F)C(F)(F)F)N1CCC2(CCCN2Cc2ccc(C(F)(F)F)cc2OC2(C(=O)O)CC2)CC1. The standard InChI is InChI=1S/C24H25F9N2O5/c25-22(26,27)15-3-2-14(16(12-15)40-21(5-6-21)18(36)37)13-35-9-1-4-20(35)7-10-34(11-8-20)19(38)39-17(23(28,29)30)24(31,32)33/h2-3,12,17H,1,4-11,13H2,(H,36,37). The van der Waals surface area contributed by atoms with Crippen LogP contribution in [0.1, 0.15) is 49.7 Å². The first-order chi connectivity index (χ1) is 18.4. The first-order valence-electron chi connectivity index (χ1n) is 12.3. The summed E-state index contributed by atoms with van der Waals surface area (Å²) in [5.41, 5.74) is -2.97. The Morgan fingerprint density at radius 3 is 2.00 bits per heavy atom. The van der Waals surface area contributed by atoms with E-state index in [-0.39, 0.29) is 51.1 Å². The topological polar surface area (TPSA) is 79.3 Å². The average Bonchev–Trinajstić information content (AvgIpc) is 3.53. The van der Waals surface area contributed by atoms with Gasteiger partial charge in [-0.3, -0.25) is 4.90 Å². The number of carbonyl (C=O) groups excluding carboxylic acids is 1. The fourth-order valence-corrected chi connectivity index (χ4v) is 5.25. The molecule has 1 aromatic carbocycles. The predicted octanol–water partition coefficient (Wildman–Crippen LogP) is 5.76. The van der Waals surface area contributed by atoms with E-state index >= 15 is 0 Å². The van der Waals surface area contributed by atoms with Crippen LogP contribution < -0.4 is 4.74 Å². The molecule has 0 radical (unpaired) electrons. The predicted molar refractivity (Wildman–Crippen MR) is 117 cm³/mol. The van der Waals surface area contributed by atoms with E-state index in [1.165, 1.54) is 6.07 Å². The molecule has 7 nitrogen and oxygen atoms in total. The molecule has 3 aliphatic rings. The highest BCUT2D eigenvalue weighted by molar-refractivity contribution is 5.81. The van der Waals surface area contributed by atoms with Crippen molar-refractivity contribution in [3.05, 3.63) is 29.3 Å². The number of alkyl halides is 9. The zero-order valence-electron chi connectivity index (χ0n) is 20.8. The molecule has 1 spiro atoms. The van der Waals surface area contributed by atoms with Gasteiger partial charge < -0.3 is 19.5 Å². The van der Waals surface area contributed by atoms with E-state index in [4.69, 9.17) is 4.74 Å². The molecule has 4 rings (SSSR count). The average molecular weight is 592 g/mol. The van der Waals surface area contributed by atoms with E-state index in [1.807, 2.05) is 4.90 Å². The highest BCUT2D eigenvalue weighted by Gasteiger charge is 2.60. The van der Waals surface area contributed by atoms with Crippen LogP contribution in [0.3, 0.4) is 0 Å². The number of amides is 1. The van der Waals surface area contributed by atoms with Crippen LogP contribution in [0.5, 0.6) is 5.75 Å². The number of halogens is 9. The lowest BCUT2D eigenvalue weighted by Gasteiger charge is -2.45. The molecule has 2 aliphatic heterocycles. The van der Waals surface area contributed by atoms with Gasteiger partial charge in [-0.15, -0.1) is 0 Å². The summed E-state index contributed by atoms with van der Waals surface area (Å²) >= 11 is 0. The number of carboxylic acid groups (broad SMARTS) is 1. The Kier molecular flexibility index (Phi) is 7.65. The second-order valence-corrected chi connectivity index (χ2v) is 10.3. The van der Waals surface area contributed by atoms with Crippen LogP contribution in [0.4, 0.5) is 44.3 Å². The Morgan fingerprint density at radius 1 is 0.900 bits per heavy atom. The van der Waals surface area contributed by atoms with Gasteiger partial charge in [0.25, 0.3) is 6.10 Å². The minimum Gasteiger partial charge on any atom is -0.478 e. The molecule has 2 heterocycles. The third kappa shape index (κ3) is 6.20. The number of likely N-dealkylation sites (tertiary alicyclic amines) is 2. The number of hydrogen-bond acceptors (Lipinski definition) is 5. The molecule has 2 saturated heterocycles. The molecule has 224 valence electrons. The second kappa shape index (κ2) is 10.2. The fourth-order valence-electron chi connectivity index (χ4n) is 5.25. The van der Waals surface area contributed by atoms with Crippen LogP contribution in [0.15, 0.2) is 18.2 Å². The summed E-state index contributed by atoms with van der Waals surface area (Å²) in [5.74, 6) is -1.53. The Hall–Kier alpha value is -2.91. The van der Waals surface area contributed by atoms with Gasteiger partial charge in [-0.25, -0.2) is 9.59 Å². The van der Waals surface area contributed by atoms with Crippen molar-refractivity contribution in [3.63, 3.8) is 0 Å². The zero-order valence-corrected chi connectivity index (χ0v) is 20.8. The summed E-state index contributed by atoms with van der Waals surface area (Å²) in [6.07, 6.45) is -20.6. The van der Waals surface area contributed by atoms with E-state index in [9.17, 15) is 54.2 Å². The van der Waals surface area contributed by atoms with Crippen molar-refractivity contribution >= 4 is 12.1 Å².